The second-order valence-corrected chi connectivity index (χ2v) is 3.43. The van der Waals surface area contributed by atoms with Gasteiger partial charge in [0, 0.05) is 5.56 Å². The average molecular weight is 300 g/mol. The van der Waals surface area contributed by atoms with Crippen molar-refractivity contribution in [2.75, 3.05) is 14.2 Å². The highest BCUT2D eigenvalue weighted by atomic mass is 35.5. The molecule has 19 heavy (non-hydrogen) atoms. The molecular formula is C10H9ClF3NO4. The highest BCUT2D eigenvalue weighted by Gasteiger charge is 2.34. The minimum Gasteiger partial charge on any atom is -0.494 e. The van der Waals surface area contributed by atoms with E-state index in [2.05, 4.69) is 14.5 Å². The average Bonchev–Trinajstić information content (AvgIpc) is 2.35. The molecule has 0 amide bonds. The number of hydrogen-bond donors (Lipinski definition) is 0. The highest BCUT2D eigenvalue weighted by molar-refractivity contribution is 6.18. The lowest BCUT2D eigenvalue weighted by Gasteiger charge is -2.15. The predicted molar refractivity (Wildman–Crippen MR) is 58.4 cm³/mol. The summed E-state index contributed by atoms with van der Waals surface area (Å²) in [7, 11) is 2.30. The summed E-state index contributed by atoms with van der Waals surface area (Å²) in [5.41, 5.74) is -0.514. The quantitative estimate of drug-likeness (QED) is 0.631. The highest BCUT2D eigenvalue weighted by Crippen LogP contribution is 2.33. The van der Waals surface area contributed by atoms with Crippen molar-refractivity contribution in [1.82, 2.24) is 4.98 Å². The van der Waals surface area contributed by atoms with Crippen LogP contribution in [0.1, 0.15) is 15.9 Å². The van der Waals surface area contributed by atoms with Crippen LogP contribution in [0.25, 0.3) is 0 Å². The number of hydrogen-bond acceptors (Lipinski definition) is 5. The van der Waals surface area contributed by atoms with Crippen molar-refractivity contribution in [3.8, 4) is 11.6 Å². The van der Waals surface area contributed by atoms with Gasteiger partial charge in [-0.3, -0.25) is 0 Å². The van der Waals surface area contributed by atoms with E-state index in [0.29, 0.717) is 0 Å². The number of carbonyl (C=O) groups excluding carboxylic acids is 1. The minimum atomic E-state index is -4.95. The van der Waals surface area contributed by atoms with E-state index in [1.54, 1.807) is 0 Å². The first kappa shape index (κ1) is 15.4. The van der Waals surface area contributed by atoms with E-state index in [4.69, 9.17) is 16.3 Å². The van der Waals surface area contributed by atoms with Crippen molar-refractivity contribution in [3.63, 3.8) is 0 Å². The van der Waals surface area contributed by atoms with Crippen molar-refractivity contribution in [2.45, 2.75) is 12.2 Å². The van der Waals surface area contributed by atoms with Gasteiger partial charge in [-0.2, -0.15) is 0 Å². The van der Waals surface area contributed by atoms with Crippen LogP contribution in [0.5, 0.6) is 11.6 Å². The maximum absolute atomic E-state index is 12.2. The second-order valence-electron chi connectivity index (χ2n) is 3.16. The van der Waals surface area contributed by atoms with Gasteiger partial charge >= 0.3 is 12.3 Å². The summed E-state index contributed by atoms with van der Waals surface area (Å²) in [6.45, 7) is 0. The molecule has 0 spiro atoms. The Morgan fingerprint density at radius 2 is 2.05 bits per heavy atom. The molecule has 1 aromatic heterocycles. The maximum Gasteiger partial charge on any atom is 0.574 e. The van der Waals surface area contributed by atoms with Gasteiger partial charge in [-0.15, -0.1) is 24.8 Å². The van der Waals surface area contributed by atoms with E-state index < -0.39 is 24.1 Å². The van der Waals surface area contributed by atoms with Crippen LogP contribution < -0.4 is 9.47 Å². The number of esters is 1. The third kappa shape index (κ3) is 3.63. The van der Waals surface area contributed by atoms with E-state index in [1.165, 1.54) is 7.11 Å². The number of aromatic nitrogens is 1. The monoisotopic (exact) mass is 299 g/mol. The van der Waals surface area contributed by atoms with Crippen LogP contribution in [0.4, 0.5) is 13.2 Å². The second kappa shape index (κ2) is 5.96. The molecule has 106 valence electrons. The van der Waals surface area contributed by atoms with Gasteiger partial charge in [0.05, 0.1) is 26.3 Å². The van der Waals surface area contributed by atoms with Gasteiger partial charge in [-0.1, -0.05) is 0 Å². The van der Waals surface area contributed by atoms with E-state index in [-0.39, 0.29) is 16.9 Å². The summed E-state index contributed by atoms with van der Waals surface area (Å²) in [6.07, 6.45) is -4.03. The number of ether oxygens (including phenoxy) is 3. The SMILES string of the molecule is COC(=O)c1c(OC)cnc(OC(F)(F)F)c1CCl. The number of nitrogens with zero attached hydrogens (tertiary/aromatic N) is 1. The third-order valence-corrected chi connectivity index (χ3v) is 2.33. The van der Waals surface area contributed by atoms with Gasteiger partial charge in [-0.05, 0) is 0 Å². The molecule has 0 aliphatic carbocycles. The van der Waals surface area contributed by atoms with Crippen LogP contribution in [-0.4, -0.2) is 31.5 Å². The molecule has 1 aromatic rings. The first-order valence-corrected chi connectivity index (χ1v) is 5.33. The topological polar surface area (TPSA) is 57.7 Å². The molecule has 0 aliphatic heterocycles. The summed E-state index contributed by atoms with van der Waals surface area (Å²) < 4.78 is 49.6. The molecule has 0 saturated carbocycles. The molecule has 1 heterocycles. The molecule has 0 saturated heterocycles. The number of halogens is 4. The molecule has 0 bridgehead atoms. The number of alkyl halides is 4. The lowest BCUT2D eigenvalue weighted by Crippen LogP contribution is -2.20. The Morgan fingerprint density at radius 3 is 2.47 bits per heavy atom. The zero-order chi connectivity index (χ0) is 14.6. The summed E-state index contributed by atoms with van der Waals surface area (Å²) in [5.74, 6) is -2.21. The van der Waals surface area contributed by atoms with E-state index in [1.807, 2.05) is 0 Å². The Morgan fingerprint density at radius 1 is 1.42 bits per heavy atom. The molecule has 5 nitrogen and oxygen atoms in total. The summed E-state index contributed by atoms with van der Waals surface area (Å²) >= 11 is 5.55. The van der Waals surface area contributed by atoms with Gasteiger partial charge in [0.15, 0.2) is 5.75 Å². The molecule has 0 aromatic carbocycles. The Labute approximate surface area is 111 Å². The fraction of sp³-hybridized carbons (Fsp3) is 0.400. The smallest absolute Gasteiger partial charge is 0.494 e. The van der Waals surface area contributed by atoms with Gasteiger partial charge in [0.2, 0.25) is 5.88 Å². The third-order valence-electron chi connectivity index (χ3n) is 2.06. The summed E-state index contributed by atoms with van der Waals surface area (Å²) in [4.78, 5) is 15.0. The molecule has 0 fully saturated rings. The van der Waals surface area contributed by atoms with Crippen molar-refractivity contribution in [1.29, 1.82) is 0 Å². The van der Waals surface area contributed by atoms with Crippen LogP contribution in [0.2, 0.25) is 0 Å². The van der Waals surface area contributed by atoms with Crippen LogP contribution in [0, 0.1) is 0 Å². The summed E-state index contributed by atoms with van der Waals surface area (Å²) in [5, 5.41) is 0. The summed E-state index contributed by atoms with van der Waals surface area (Å²) in [6, 6.07) is 0. The zero-order valence-corrected chi connectivity index (χ0v) is 10.6. The molecular weight excluding hydrogens is 291 g/mol. The zero-order valence-electron chi connectivity index (χ0n) is 9.88. The van der Waals surface area contributed by atoms with Gasteiger partial charge in [0.1, 0.15) is 5.56 Å². The van der Waals surface area contributed by atoms with Crippen LogP contribution in [-0.2, 0) is 10.6 Å². The molecule has 1 rings (SSSR count). The number of rotatable bonds is 4. The molecule has 9 heteroatoms. The van der Waals surface area contributed by atoms with E-state index >= 15 is 0 Å². The Balaban J connectivity index is 3.40. The van der Waals surface area contributed by atoms with Crippen LogP contribution in [0.3, 0.4) is 0 Å². The van der Waals surface area contributed by atoms with Crippen LogP contribution in [0.15, 0.2) is 6.20 Å². The normalized spacial score (nSPS) is 11.1. The van der Waals surface area contributed by atoms with Crippen molar-refractivity contribution >= 4 is 17.6 Å². The number of methoxy groups -OCH3 is 2. The first-order chi connectivity index (χ1) is 8.84. The number of carbonyl (C=O) groups is 1. The number of pyridine rings is 1. The first-order valence-electron chi connectivity index (χ1n) is 4.80. The molecule has 0 N–H and O–H groups in total. The van der Waals surface area contributed by atoms with Crippen LogP contribution >= 0.6 is 11.6 Å². The minimum absolute atomic E-state index is 0.0583. The fourth-order valence-electron chi connectivity index (χ4n) is 1.32. The van der Waals surface area contributed by atoms with E-state index in [9.17, 15) is 18.0 Å². The fourth-order valence-corrected chi connectivity index (χ4v) is 1.57. The Hall–Kier alpha value is -1.70. The molecule has 0 aliphatic rings. The maximum atomic E-state index is 12.2. The van der Waals surface area contributed by atoms with Gasteiger partial charge in [-0.25, -0.2) is 9.78 Å². The van der Waals surface area contributed by atoms with E-state index in [0.717, 1.165) is 13.3 Å². The Kier molecular flexibility index (Phi) is 4.82. The largest absolute Gasteiger partial charge is 0.574 e. The predicted octanol–water partition coefficient (Wildman–Crippen LogP) is 2.51. The standard InChI is InChI=1S/C10H9ClF3NO4/c1-17-6-4-15-8(19-10(12,13)14)5(3-11)7(6)9(16)18-2/h4H,3H2,1-2H3. The molecule has 0 unspecified atom stereocenters. The Bertz CT molecular complexity index is 479. The van der Waals surface area contributed by atoms with Gasteiger partial charge < -0.3 is 14.2 Å². The lowest BCUT2D eigenvalue weighted by atomic mass is 10.1. The lowest BCUT2D eigenvalue weighted by molar-refractivity contribution is -0.276. The van der Waals surface area contributed by atoms with Crippen molar-refractivity contribution in [2.24, 2.45) is 0 Å². The van der Waals surface area contributed by atoms with Crippen molar-refractivity contribution in [3.05, 3.63) is 17.3 Å². The van der Waals surface area contributed by atoms with Crippen molar-refractivity contribution < 1.29 is 32.2 Å². The molecule has 0 radical (unpaired) electrons. The molecule has 0 atom stereocenters. The van der Waals surface area contributed by atoms with Gasteiger partial charge in [0.25, 0.3) is 0 Å².